The zero-order valence-electron chi connectivity index (χ0n) is 15.3. The topological polar surface area (TPSA) is 69.2 Å². The predicted octanol–water partition coefficient (Wildman–Crippen LogP) is -0.00980. The first kappa shape index (κ1) is 25.3. The summed E-state index contributed by atoms with van der Waals surface area (Å²) in [6.45, 7) is 2.84. The minimum Gasteiger partial charge on any atom is -0.550 e. The SMILES string of the molecule is CCCCCCCCCCCCCC(=O)CNCCC(=O)[O-].[Na+]. The second-order valence-corrected chi connectivity index (χ2v) is 6.12. The summed E-state index contributed by atoms with van der Waals surface area (Å²) >= 11 is 0. The van der Waals surface area contributed by atoms with Crippen LogP contribution in [0.15, 0.2) is 0 Å². The summed E-state index contributed by atoms with van der Waals surface area (Å²) in [5, 5.41) is 13.0. The zero-order valence-corrected chi connectivity index (χ0v) is 17.3. The Morgan fingerprint density at radius 1 is 0.783 bits per heavy atom. The average molecular weight is 335 g/mol. The number of nitrogens with one attached hydrogen (secondary N) is 1. The van der Waals surface area contributed by atoms with Gasteiger partial charge >= 0.3 is 29.6 Å². The second kappa shape index (κ2) is 20.1. The third-order valence-electron chi connectivity index (χ3n) is 3.89. The molecule has 5 heteroatoms. The van der Waals surface area contributed by atoms with Crippen molar-refractivity contribution in [3.63, 3.8) is 0 Å². The molecule has 0 unspecified atom stereocenters. The van der Waals surface area contributed by atoms with Crippen LogP contribution in [-0.4, -0.2) is 24.8 Å². The van der Waals surface area contributed by atoms with E-state index >= 15 is 0 Å². The predicted molar refractivity (Wildman–Crippen MR) is 88.6 cm³/mol. The van der Waals surface area contributed by atoms with Gasteiger partial charge in [0.25, 0.3) is 0 Å². The van der Waals surface area contributed by atoms with Crippen LogP contribution in [0.25, 0.3) is 0 Å². The molecule has 0 aliphatic carbocycles. The van der Waals surface area contributed by atoms with Crippen molar-refractivity contribution in [3.05, 3.63) is 0 Å². The molecule has 130 valence electrons. The number of Topliss-reactive ketones (excluding diaryl/α,β-unsaturated/α-hetero) is 1. The summed E-state index contributed by atoms with van der Waals surface area (Å²) in [6.07, 6.45) is 14.7. The molecule has 0 aliphatic heterocycles. The zero-order chi connectivity index (χ0) is 16.5. The number of carbonyl (C=O) groups is 2. The molecule has 0 aromatic carbocycles. The first-order valence-electron chi connectivity index (χ1n) is 9.09. The van der Waals surface area contributed by atoms with Crippen LogP contribution in [0.3, 0.4) is 0 Å². The normalized spacial score (nSPS) is 10.3. The van der Waals surface area contributed by atoms with Crippen molar-refractivity contribution < 1.29 is 44.3 Å². The Morgan fingerprint density at radius 2 is 1.26 bits per heavy atom. The molecule has 0 aliphatic rings. The molecule has 0 rings (SSSR count). The standard InChI is InChI=1S/C18H35NO3.Na/c1-2-3-4-5-6-7-8-9-10-11-12-13-17(20)16-19-15-14-18(21)22;/h19H,2-16H2,1H3,(H,21,22);/q;+1/p-1. The fourth-order valence-electron chi connectivity index (χ4n) is 2.49. The van der Waals surface area contributed by atoms with E-state index in [-0.39, 0.29) is 48.3 Å². The van der Waals surface area contributed by atoms with Crippen molar-refractivity contribution in [2.75, 3.05) is 13.1 Å². The van der Waals surface area contributed by atoms with Crippen LogP contribution in [0.2, 0.25) is 0 Å². The van der Waals surface area contributed by atoms with Crippen LogP contribution in [0.4, 0.5) is 0 Å². The van der Waals surface area contributed by atoms with Crippen molar-refractivity contribution in [1.82, 2.24) is 5.32 Å². The van der Waals surface area contributed by atoms with Gasteiger partial charge < -0.3 is 15.2 Å². The molecule has 0 fully saturated rings. The summed E-state index contributed by atoms with van der Waals surface area (Å²) in [4.78, 5) is 21.7. The third-order valence-corrected chi connectivity index (χ3v) is 3.89. The third kappa shape index (κ3) is 22.1. The molecule has 0 saturated carbocycles. The quantitative estimate of drug-likeness (QED) is 0.300. The average Bonchev–Trinajstić information content (AvgIpc) is 2.49. The Labute approximate surface area is 164 Å². The fraction of sp³-hybridized carbons (Fsp3) is 0.889. The first-order valence-corrected chi connectivity index (χ1v) is 9.09. The van der Waals surface area contributed by atoms with Gasteiger partial charge in [-0.15, -0.1) is 0 Å². The number of carbonyl (C=O) groups excluding carboxylic acids is 2. The molecule has 0 amide bonds. The van der Waals surface area contributed by atoms with Crippen molar-refractivity contribution in [2.24, 2.45) is 0 Å². The minimum absolute atomic E-state index is 0. The van der Waals surface area contributed by atoms with Crippen LogP contribution in [-0.2, 0) is 9.59 Å². The van der Waals surface area contributed by atoms with Crippen LogP contribution < -0.4 is 40.0 Å². The van der Waals surface area contributed by atoms with E-state index in [0.717, 1.165) is 12.8 Å². The Balaban J connectivity index is 0. The van der Waals surface area contributed by atoms with E-state index in [2.05, 4.69) is 12.2 Å². The van der Waals surface area contributed by atoms with Gasteiger partial charge in [0.05, 0.1) is 6.54 Å². The smallest absolute Gasteiger partial charge is 0.550 e. The molecule has 1 N–H and O–H groups in total. The van der Waals surface area contributed by atoms with Gasteiger partial charge in [0.2, 0.25) is 0 Å². The van der Waals surface area contributed by atoms with Gasteiger partial charge in [0.15, 0.2) is 0 Å². The van der Waals surface area contributed by atoms with Gasteiger partial charge in [0.1, 0.15) is 5.78 Å². The summed E-state index contributed by atoms with van der Waals surface area (Å²) in [5.41, 5.74) is 0. The van der Waals surface area contributed by atoms with Gasteiger partial charge in [-0.2, -0.15) is 0 Å². The number of aliphatic carboxylic acids is 1. The molecule has 0 aromatic rings. The number of carboxylic acid groups (broad SMARTS) is 1. The molecule has 0 spiro atoms. The van der Waals surface area contributed by atoms with E-state index in [1.165, 1.54) is 57.8 Å². The maximum atomic E-state index is 11.5. The van der Waals surface area contributed by atoms with E-state index in [9.17, 15) is 14.7 Å². The molecule has 0 heterocycles. The van der Waals surface area contributed by atoms with E-state index in [4.69, 9.17) is 0 Å². The Hall–Kier alpha value is 0.100. The number of hydrogen-bond donors (Lipinski definition) is 1. The van der Waals surface area contributed by atoms with Crippen molar-refractivity contribution >= 4 is 11.8 Å². The molecule has 0 atom stereocenters. The van der Waals surface area contributed by atoms with E-state index in [1.807, 2.05) is 0 Å². The fourth-order valence-corrected chi connectivity index (χ4v) is 2.49. The van der Waals surface area contributed by atoms with Gasteiger partial charge in [-0.25, -0.2) is 0 Å². The van der Waals surface area contributed by atoms with Crippen molar-refractivity contribution in [2.45, 2.75) is 90.4 Å². The number of unbranched alkanes of at least 4 members (excludes halogenated alkanes) is 10. The summed E-state index contributed by atoms with van der Waals surface area (Å²) in [6, 6.07) is 0. The first-order chi connectivity index (χ1) is 10.7. The van der Waals surface area contributed by atoms with Gasteiger partial charge in [-0.3, -0.25) is 4.79 Å². The number of ketones is 1. The van der Waals surface area contributed by atoms with E-state index < -0.39 is 5.97 Å². The maximum Gasteiger partial charge on any atom is 1.00 e. The Bertz CT molecular complexity index is 285. The molecular weight excluding hydrogens is 301 g/mol. The molecule has 4 nitrogen and oxygen atoms in total. The summed E-state index contributed by atoms with van der Waals surface area (Å²) in [5.74, 6) is -0.903. The Morgan fingerprint density at radius 3 is 1.74 bits per heavy atom. The van der Waals surface area contributed by atoms with Gasteiger partial charge in [-0.05, 0) is 12.8 Å². The van der Waals surface area contributed by atoms with Crippen LogP contribution in [0.5, 0.6) is 0 Å². The summed E-state index contributed by atoms with van der Waals surface area (Å²) in [7, 11) is 0. The van der Waals surface area contributed by atoms with E-state index in [1.54, 1.807) is 0 Å². The maximum absolute atomic E-state index is 11.5. The van der Waals surface area contributed by atoms with Gasteiger partial charge in [0, 0.05) is 18.9 Å². The summed E-state index contributed by atoms with van der Waals surface area (Å²) < 4.78 is 0. The molecule has 0 radical (unpaired) electrons. The molecule has 23 heavy (non-hydrogen) atoms. The van der Waals surface area contributed by atoms with E-state index in [0.29, 0.717) is 13.0 Å². The van der Waals surface area contributed by atoms with Gasteiger partial charge in [-0.1, -0.05) is 71.1 Å². The second-order valence-electron chi connectivity index (χ2n) is 6.12. The van der Waals surface area contributed by atoms with Crippen LogP contribution in [0.1, 0.15) is 90.4 Å². The van der Waals surface area contributed by atoms with Crippen molar-refractivity contribution in [1.29, 1.82) is 0 Å². The number of rotatable bonds is 17. The molecule has 0 bridgehead atoms. The minimum atomic E-state index is -1.08. The van der Waals surface area contributed by atoms with Crippen LogP contribution in [0, 0.1) is 0 Å². The number of hydrogen-bond acceptors (Lipinski definition) is 4. The largest absolute Gasteiger partial charge is 1.00 e. The monoisotopic (exact) mass is 335 g/mol. The molecule has 0 aromatic heterocycles. The molecular formula is C18H34NNaO3. The van der Waals surface area contributed by atoms with Crippen LogP contribution >= 0.6 is 0 Å². The van der Waals surface area contributed by atoms with Crippen molar-refractivity contribution in [3.8, 4) is 0 Å². The molecule has 0 saturated heterocycles. The Kier molecular flexibility index (Phi) is 22.2. The number of carboxylic acids is 1.